The second kappa shape index (κ2) is 6.05. The Morgan fingerprint density at radius 3 is 2.78 bits per heavy atom. The number of hydrogen-bond acceptors (Lipinski definition) is 6. The summed E-state index contributed by atoms with van der Waals surface area (Å²) in [7, 11) is 0. The Labute approximate surface area is 136 Å². The molecule has 0 radical (unpaired) electrons. The summed E-state index contributed by atoms with van der Waals surface area (Å²) in [5.74, 6) is -0.445. The lowest BCUT2D eigenvalue weighted by Gasteiger charge is -2.10. The molecule has 3 aromatic rings. The van der Waals surface area contributed by atoms with Crippen LogP contribution in [-0.4, -0.2) is 26.0 Å². The monoisotopic (exact) mass is 329 g/mol. The highest BCUT2D eigenvalue weighted by Gasteiger charge is 2.10. The molecule has 8 heteroatoms. The van der Waals surface area contributed by atoms with E-state index in [0.29, 0.717) is 28.4 Å². The number of rotatable bonds is 4. The van der Waals surface area contributed by atoms with Crippen LogP contribution in [0.2, 0.25) is 5.15 Å². The highest BCUT2D eigenvalue weighted by atomic mass is 35.5. The molecule has 0 bridgehead atoms. The number of fused-ring (bicyclic) bond motifs is 1. The SMILES string of the molecule is Nc1nc(NCc2ccc(Cl)nc2)c2cc(C(=O)O)ccc2n1. The molecule has 1 aromatic carbocycles. The molecule has 0 aliphatic heterocycles. The summed E-state index contributed by atoms with van der Waals surface area (Å²) in [6, 6.07) is 8.11. The maximum atomic E-state index is 11.1. The number of benzene rings is 1. The smallest absolute Gasteiger partial charge is 0.335 e. The van der Waals surface area contributed by atoms with Gasteiger partial charge in [0.25, 0.3) is 0 Å². The Kier molecular flexibility index (Phi) is 3.94. The summed E-state index contributed by atoms with van der Waals surface area (Å²) < 4.78 is 0. The molecular formula is C15H12ClN5O2. The van der Waals surface area contributed by atoms with Crippen LogP contribution >= 0.6 is 11.6 Å². The topological polar surface area (TPSA) is 114 Å². The molecule has 0 aliphatic carbocycles. The first-order valence-corrected chi connectivity index (χ1v) is 7.05. The van der Waals surface area contributed by atoms with Gasteiger partial charge in [-0.3, -0.25) is 0 Å². The molecule has 3 rings (SSSR count). The van der Waals surface area contributed by atoms with E-state index in [0.717, 1.165) is 5.56 Å². The molecule has 0 unspecified atom stereocenters. The van der Waals surface area contributed by atoms with Crippen molar-refractivity contribution in [1.82, 2.24) is 15.0 Å². The van der Waals surface area contributed by atoms with Crippen molar-refractivity contribution in [3.63, 3.8) is 0 Å². The van der Waals surface area contributed by atoms with E-state index in [2.05, 4.69) is 20.3 Å². The van der Waals surface area contributed by atoms with E-state index in [-0.39, 0.29) is 11.5 Å². The Bertz CT molecular complexity index is 883. The third-order valence-corrected chi connectivity index (χ3v) is 3.43. The normalized spacial score (nSPS) is 10.7. The number of pyridine rings is 1. The van der Waals surface area contributed by atoms with Crippen LogP contribution in [0.25, 0.3) is 10.9 Å². The quantitative estimate of drug-likeness (QED) is 0.630. The molecule has 2 aromatic heterocycles. The zero-order chi connectivity index (χ0) is 16.4. The second-order valence-electron chi connectivity index (χ2n) is 4.81. The van der Waals surface area contributed by atoms with E-state index in [9.17, 15) is 4.79 Å². The van der Waals surface area contributed by atoms with Gasteiger partial charge in [-0.2, -0.15) is 4.98 Å². The number of carbonyl (C=O) groups is 1. The number of nitrogens with two attached hydrogens (primary N) is 1. The zero-order valence-corrected chi connectivity index (χ0v) is 12.6. The average molecular weight is 330 g/mol. The Balaban J connectivity index is 1.96. The van der Waals surface area contributed by atoms with E-state index < -0.39 is 5.97 Å². The number of nitrogens with one attached hydrogen (secondary N) is 1. The minimum Gasteiger partial charge on any atom is -0.478 e. The number of hydrogen-bond donors (Lipinski definition) is 3. The third-order valence-electron chi connectivity index (χ3n) is 3.21. The first-order chi connectivity index (χ1) is 11.0. The van der Waals surface area contributed by atoms with Gasteiger partial charge in [-0.15, -0.1) is 0 Å². The van der Waals surface area contributed by atoms with Crippen LogP contribution in [0.5, 0.6) is 0 Å². The fourth-order valence-corrected chi connectivity index (χ4v) is 2.22. The van der Waals surface area contributed by atoms with Crippen LogP contribution in [0.4, 0.5) is 11.8 Å². The van der Waals surface area contributed by atoms with Gasteiger partial charge < -0.3 is 16.2 Å². The van der Waals surface area contributed by atoms with Gasteiger partial charge in [0.15, 0.2) is 0 Å². The van der Waals surface area contributed by atoms with Gasteiger partial charge >= 0.3 is 5.97 Å². The van der Waals surface area contributed by atoms with Crippen molar-refractivity contribution >= 4 is 40.2 Å². The van der Waals surface area contributed by atoms with Gasteiger partial charge in [0.1, 0.15) is 11.0 Å². The zero-order valence-electron chi connectivity index (χ0n) is 11.8. The highest BCUT2D eigenvalue weighted by Crippen LogP contribution is 2.23. The summed E-state index contributed by atoms with van der Waals surface area (Å²) in [5, 5.41) is 13.2. The molecule has 0 saturated carbocycles. The van der Waals surface area contributed by atoms with Crippen LogP contribution in [0.3, 0.4) is 0 Å². The van der Waals surface area contributed by atoms with Crippen molar-refractivity contribution in [2.24, 2.45) is 0 Å². The van der Waals surface area contributed by atoms with Crippen LogP contribution in [0.1, 0.15) is 15.9 Å². The fourth-order valence-electron chi connectivity index (χ4n) is 2.11. The molecule has 0 fully saturated rings. The van der Waals surface area contributed by atoms with Gasteiger partial charge in [0.05, 0.1) is 11.1 Å². The lowest BCUT2D eigenvalue weighted by Crippen LogP contribution is -2.06. The fraction of sp³-hybridized carbons (Fsp3) is 0.0667. The van der Waals surface area contributed by atoms with Crippen LogP contribution in [0.15, 0.2) is 36.5 Å². The predicted octanol–water partition coefficient (Wildman–Crippen LogP) is 2.57. The van der Waals surface area contributed by atoms with Crippen LogP contribution in [-0.2, 0) is 6.54 Å². The first-order valence-electron chi connectivity index (χ1n) is 6.68. The number of aromatic carboxylic acids is 1. The lowest BCUT2D eigenvalue weighted by atomic mass is 10.1. The Morgan fingerprint density at radius 2 is 2.09 bits per heavy atom. The minimum absolute atomic E-state index is 0.109. The number of halogens is 1. The van der Waals surface area contributed by atoms with Gasteiger partial charge in [0.2, 0.25) is 5.95 Å². The predicted molar refractivity (Wildman–Crippen MR) is 87.5 cm³/mol. The Hall–Kier alpha value is -2.93. The van der Waals surface area contributed by atoms with E-state index in [4.69, 9.17) is 22.4 Å². The molecule has 0 atom stereocenters. The molecule has 2 heterocycles. The largest absolute Gasteiger partial charge is 0.478 e. The molecule has 23 heavy (non-hydrogen) atoms. The highest BCUT2D eigenvalue weighted by molar-refractivity contribution is 6.29. The molecular weight excluding hydrogens is 318 g/mol. The average Bonchev–Trinajstić information content (AvgIpc) is 2.53. The van der Waals surface area contributed by atoms with Crippen molar-refractivity contribution in [2.75, 3.05) is 11.1 Å². The summed E-state index contributed by atoms with van der Waals surface area (Å²) in [5.41, 5.74) is 7.32. The number of nitrogen functional groups attached to an aromatic ring is 1. The Morgan fingerprint density at radius 1 is 1.26 bits per heavy atom. The summed E-state index contributed by atoms with van der Waals surface area (Å²) >= 11 is 5.75. The van der Waals surface area contributed by atoms with E-state index in [1.807, 2.05) is 6.07 Å². The van der Waals surface area contributed by atoms with Gasteiger partial charge in [-0.1, -0.05) is 17.7 Å². The molecule has 0 aliphatic rings. The van der Waals surface area contributed by atoms with E-state index in [1.54, 1.807) is 18.3 Å². The summed E-state index contributed by atoms with van der Waals surface area (Å²) in [6.07, 6.45) is 1.64. The minimum atomic E-state index is -1.02. The standard InChI is InChI=1S/C15H12ClN5O2/c16-12-4-1-8(6-18-12)7-19-13-10-5-9(14(22)23)2-3-11(10)20-15(17)21-13/h1-6H,7H2,(H,22,23)(H3,17,19,20,21). The van der Waals surface area contributed by atoms with Crippen molar-refractivity contribution in [2.45, 2.75) is 6.54 Å². The molecule has 7 nitrogen and oxygen atoms in total. The maximum absolute atomic E-state index is 11.1. The summed E-state index contributed by atoms with van der Waals surface area (Å²) in [6.45, 7) is 0.438. The number of carboxylic acid groups (broad SMARTS) is 1. The van der Waals surface area contributed by atoms with Crippen LogP contribution < -0.4 is 11.1 Å². The molecule has 4 N–H and O–H groups in total. The number of anilines is 2. The van der Waals surface area contributed by atoms with Crippen molar-refractivity contribution < 1.29 is 9.90 Å². The van der Waals surface area contributed by atoms with Crippen molar-refractivity contribution in [3.8, 4) is 0 Å². The van der Waals surface area contributed by atoms with Gasteiger partial charge in [-0.05, 0) is 29.8 Å². The third kappa shape index (κ3) is 3.29. The van der Waals surface area contributed by atoms with E-state index >= 15 is 0 Å². The van der Waals surface area contributed by atoms with Gasteiger partial charge in [-0.25, -0.2) is 14.8 Å². The maximum Gasteiger partial charge on any atom is 0.335 e. The number of carboxylic acids is 1. The van der Waals surface area contributed by atoms with Gasteiger partial charge in [0, 0.05) is 18.1 Å². The number of aromatic nitrogens is 3. The van der Waals surface area contributed by atoms with Crippen molar-refractivity contribution in [1.29, 1.82) is 0 Å². The van der Waals surface area contributed by atoms with Crippen molar-refractivity contribution in [3.05, 3.63) is 52.8 Å². The second-order valence-corrected chi connectivity index (χ2v) is 5.20. The lowest BCUT2D eigenvalue weighted by molar-refractivity contribution is 0.0697. The molecule has 116 valence electrons. The van der Waals surface area contributed by atoms with Crippen LogP contribution in [0, 0.1) is 0 Å². The molecule has 0 amide bonds. The van der Waals surface area contributed by atoms with E-state index in [1.165, 1.54) is 12.1 Å². The number of nitrogens with zero attached hydrogens (tertiary/aromatic N) is 3. The first kappa shape index (κ1) is 15.0. The molecule has 0 saturated heterocycles. The summed E-state index contributed by atoms with van der Waals surface area (Å²) in [4.78, 5) is 23.4. The molecule has 0 spiro atoms.